The highest BCUT2D eigenvalue weighted by molar-refractivity contribution is 9.10. The third kappa shape index (κ3) is 3.86. The zero-order valence-electron chi connectivity index (χ0n) is 12.3. The van der Waals surface area contributed by atoms with Gasteiger partial charge in [-0.3, -0.25) is 4.79 Å². The lowest BCUT2D eigenvalue weighted by Gasteiger charge is -2.06. The Balaban J connectivity index is 2.28. The fourth-order valence-corrected chi connectivity index (χ4v) is 2.35. The maximum Gasteiger partial charge on any atom is 0.262 e. The summed E-state index contributed by atoms with van der Waals surface area (Å²) < 4.78 is 6.62. The smallest absolute Gasteiger partial charge is 0.262 e. The van der Waals surface area contributed by atoms with Gasteiger partial charge in [-0.15, -0.1) is 0 Å². The maximum absolute atomic E-state index is 11.9. The molecule has 2 aromatic rings. The number of hydrogen-bond donors (Lipinski definition) is 1. The molecule has 5 heteroatoms. The van der Waals surface area contributed by atoms with Gasteiger partial charge in [0.25, 0.3) is 5.91 Å². The first-order valence-corrected chi connectivity index (χ1v) is 7.58. The van der Waals surface area contributed by atoms with Gasteiger partial charge < -0.3 is 9.73 Å². The monoisotopic (exact) mass is 358 g/mol. The fraction of sp³-hybridized carbons (Fsp3) is 0.176. The topological polar surface area (TPSA) is 66.0 Å². The van der Waals surface area contributed by atoms with E-state index >= 15 is 0 Å². The lowest BCUT2D eigenvalue weighted by molar-refractivity contribution is -0.117. The Labute approximate surface area is 137 Å². The van der Waals surface area contributed by atoms with E-state index in [1.54, 1.807) is 12.1 Å². The highest BCUT2D eigenvalue weighted by Gasteiger charge is 2.12. The number of carbonyl (C=O) groups is 1. The molecular weight excluding hydrogens is 344 g/mol. The van der Waals surface area contributed by atoms with Crippen LogP contribution in [0.4, 0.5) is 0 Å². The number of carbonyl (C=O) groups excluding carboxylic acids is 1. The number of nitrogens with zero attached hydrogens (tertiary/aromatic N) is 1. The van der Waals surface area contributed by atoms with E-state index in [9.17, 15) is 4.79 Å². The molecule has 0 aliphatic carbocycles. The van der Waals surface area contributed by atoms with Crippen LogP contribution < -0.4 is 5.32 Å². The van der Waals surface area contributed by atoms with E-state index in [4.69, 9.17) is 9.68 Å². The predicted molar refractivity (Wildman–Crippen MR) is 88.7 cm³/mol. The predicted octanol–water partition coefficient (Wildman–Crippen LogP) is 4.14. The average Bonchev–Trinajstić information content (AvgIpc) is 2.92. The first kappa shape index (κ1) is 16.1. The van der Waals surface area contributed by atoms with Gasteiger partial charge >= 0.3 is 0 Å². The van der Waals surface area contributed by atoms with Crippen LogP contribution in [0.25, 0.3) is 17.4 Å². The lowest BCUT2D eigenvalue weighted by Crippen LogP contribution is -2.30. The van der Waals surface area contributed by atoms with E-state index in [0.29, 0.717) is 11.5 Å². The van der Waals surface area contributed by atoms with Gasteiger partial charge in [0, 0.05) is 22.2 Å². The summed E-state index contributed by atoms with van der Waals surface area (Å²) in [6, 6.07) is 13.1. The molecule has 0 aliphatic rings. The third-order valence-electron chi connectivity index (χ3n) is 2.84. The van der Waals surface area contributed by atoms with Crippen LogP contribution in [0.3, 0.4) is 0 Å². The number of amides is 1. The highest BCUT2D eigenvalue weighted by atomic mass is 79.9. The standard InChI is InChI=1S/C17H15BrN2O2/c1-11(2)20-17(21)12(10-19)9-13-7-8-16(22-13)14-5-3-4-6-15(14)18/h3-9,11H,1-2H3,(H,20,21)/b12-9+. The quantitative estimate of drug-likeness (QED) is 0.659. The minimum Gasteiger partial charge on any atom is -0.457 e. The molecule has 2 rings (SSSR count). The Bertz CT molecular complexity index is 754. The van der Waals surface area contributed by atoms with E-state index in [1.165, 1.54) is 6.08 Å². The van der Waals surface area contributed by atoms with Crippen LogP contribution in [-0.4, -0.2) is 11.9 Å². The summed E-state index contributed by atoms with van der Waals surface area (Å²) in [4.78, 5) is 11.9. The van der Waals surface area contributed by atoms with Gasteiger partial charge in [0.15, 0.2) is 0 Å². The van der Waals surface area contributed by atoms with Gasteiger partial charge in [-0.25, -0.2) is 0 Å². The molecule has 1 aromatic heterocycles. The van der Waals surface area contributed by atoms with Crippen molar-refractivity contribution in [1.82, 2.24) is 5.32 Å². The molecular formula is C17H15BrN2O2. The van der Waals surface area contributed by atoms with Gasteiger partial charge in [0.2, 0.25) is 0 Å². The molecule has 0 fully saturated rings. The minimum atomic E-state index is -0.406. The van der Waals surface area contributed by atoms with Crippen LogP contribution in [-0.2, 0) is 4.79 Å². The van der Waals surface area contributed by atoms with E-state index < -0.39 is 5.91 Å². The Morgan fingerprint density at radius 3 is 2.68 bits per heavy atom. The van der Waals surface area contributed by atoms with Crippen LogP contribution >= 0.6 is 15.9 Å². The van der Waals surface area contributed by atoms with E-state index in [0.717, 1.165) is 10.0 Å². The molecule has 0 atom stereocenters. The van der Waals surface area contributed by atoms with Crippen molar-refractivity contribution in [3.63, 3.8) is 0 Å². The van der Waals surface area contributed by atoms with Crippen molar-refractivity contribution in [2.45, 2.75) is 19.9 Å². The molecule has 1 aromatic carbocycles. The summed E-state index contributed by atoms with van der Waals surface area (Å²) in [5.74, 6) is 0.720. The number of furan rings is 1. The molecule has 4 nitrogen and oxygen atoms in total. The Hall–Kier alpha value is -2.32. The molecule has 0 saturated carbocycles. The maximum atomic E-state index is 11.9. The van der Waals surface area contributed by atoms with Crippen molar-refractivity contribution in [1.29, 1.82) is 5.26 Å². The molecule has 0 spiro atoms. The van der Waals surface area contributed by atoms with Gasteiger partial charge in [-0.1, -0.05) is 34.1 Å². The normalized spacial score (nSPS) is 11.3. The van der Waals surface area contributed by atoms with Crippen molar-refractivity contribution in [3.8, 4) is 17.4 Å². The van der Waals surface area contributed by atoms with E-state index in [1.807, 2.05) is 44.2 Å². The first-order valence-electron chi connectivity index (χ1n) is 6.78. The third-order valence-corrected chi connectivity index (χ3v) is 3.53. The summed E-state index contributed by atoms with van der Waals surface area (Å²) in [5.41, 5.74) is 0.925. The van der Waals surface area contributed by atoms with Gasteiger partial charge in [0.05, 0.1) is 0 Å². The SMILES string of the molecule is CC(C)NC(=O)/C(C#N)=C/c1ccc(-c2ccccc2Br)o1. The molecule has 0 unspecified atom stereocenters. The number of hydrogen-bond acceptors (Lipinski definition) is 3. The summed E-state index contributed by atoms with van der Waals surface area (Å²) in [5, 5.41) is 11.8. The first-order chi connectivity index (χ1) is 10.5. The summed E-state index contributed by atoms with van der Waals surface area (Å²) in [6.45, 7) is 3.68. The second kappa shape index (κ2) is 7.10. The molecule has 0 radical (unpaired) electrons. The zero-order valence-corrected chi connectivity index (χ0v) is 13.8. The van der Waals surface area contributed by atoms with Crippen molar-refractivity contribution >= 4 is 27.9 Å². The Morgan fingerprint density at radius 2 is 2.05 bits per heavy atom. The Kier molecular flexibility index (Phi) is 5.18. The van der Waals surface area contributed by atoms with Crippen LogP contribution in [0.1, 0.15) is 19.6 Å². The summed E-state index contributed by atoms with van der Waals surface area (Å²) in [6.07, 6.45) is 1.44. The van der Waals surface area contributed by atoms with Crippen LogP contribution in [0.2, 0.25) is 0 Å². The summed E-state index contributed by atoms with van der Waals surface area (Å²) >= 11 is 3.47. The minimum absolute atomic E-state index is 0.0155. The van der Waals surface area contributed by atoms with Crippen molar-refractivity contribution in [2.75, 3.05) is 0 Å². The van der Waals surface area contributed by atoms with Crippen molar-refractivity contribution in [2.24, 2.45) is 0 Å². The van der Waals surface area contributed by atoms with Crippen molar-refractivity contribution < 1.29 is 9.21 Å². The number of rotatable bonds is 4. The number of benzene rings is 1. The number of nitrogens with one attached hydrogen (secondary N) is 1. The molecule has 112 valence electrons. The second-order valence-electron chi connectivity index (χ2n) is 4.98. The largest absolute Gasteiger partial charge is 0.457 e. The van der Waals surface area contributed by atoms with Gasteiger partial charge in [0.1, 0.15) is 23.2 Å². The summed E-state index contributed by atoms with van der Waals surface area (Å²) in [7, 11) is 0. The highest BCUT2D eigenvalue weighted by Crippen LogP contribution is 2.29. The lowest BCUT2D eigenvalue weighted by atomic mass is 10.2. The van der Waals surface area contributed by atoms with Crippen LogP contribution in [0.15, 0.2) is 50.9 Å². The molecule has 1 amide bonds. The average molecular weight is 359 g/mol. The van der Waals surface area contributed by atoms with Gasteiger partial charge in [-0.05, 0) is 32.0 Å². The zero-order chi connectivity index (χ0) is 16.1. The number of nitriles is 1. The molecule has 0 bridgehead atoms. The molecule has 1 heterocycles. The molecule has 1 N–H and O–H groups in total. The molecule has 0 aliphatic heterocycles. The Morgan fingerprint density at radius 1 is 1.32 bits per heavy atom. The van der Waals surface area contributed by atoms with Crippen molar-refractivity contribution in [3.05, 3.63) is 52.2 Å². The van der Waals surface area contributed by atoms with Gasteiger partial charge in [-0.2, -0.15) is 5.26 Å². The van der Waals surface area contributed by atoms with Crippen LogP contribution in [0, 0.1) is 11.3 Å². The fourth-order valence-electron chi connectivity index (χ4n) is 1.87. The van der Waals surface area contributed by atoms with E-state index in [2.05, 4.69) is 21.2 Å². The molecule has 0 saturated heterocycles. The number of halogens is 1. The molecule has 22 heavy (non-hydrogen) atoms. The van der Waals surface area contributed by atoms with E-state index in [-0.39, 0.29) is 11.6 Å². The second-order valence-corrected chi connectivity index (χ2v) is 5.83. The van der Waals surface area contributed by atoms with Crippen LogP contribution in [0.5, 0.6) is 0 Å².